The third-order valence-corrected chi connectivity index (χ3v) is 17.9. The number of hydrogen-bond acceptors (Lipinski definition) is 5. The monoisotopic (exact) mass is 1130 g/mol. The van der Waals surface area contributed by atoms with E-state index in [0.717, 1.165) is 38.5 Å². The first-order valence-electron chi connectivity index (χ1n) is 37.3. The summed E-state index contributed by atoms with van der Waals surface area (Å²) in [4.78, 5) is 24.5. The molecule has 0 aliphatic heterocycles. The van der Waals surface area contributed by atoms with Crippen LogP contribution < -0.4 is 5.32 Å². The van der Waals surface area contributed by atoms with Crippen molar-refractivity contribution < 1.29 is 24.5 Å². The predicted molar refractivity (Wildman–Crippen MR) is 352 cm³/mol. The van der Waals surface area contributed by atoms with Gasteiger partial charge in [-0.05, 0) is 25.7 Å². The summed E-state index contributed by atoms with van der Waals surface area (Å²) in [6.45, 7) is 5.00. The lowest BCUT2D eigenvalue weighted by molar-refractivity contribution is -0.143. The van der Waals surface area contributed by atoms with Crippen molar-refractivity contribution in [1.82, 2.24) is 5.32 Å². The van der Waals surface area contributed by atoms with E-state index in [1.165, 1.54) is 366 Å². The van der Waals surface area contributed by atoms with Crippen LogP contribution >= 0.6 is 0 Å². The minimum Gasteiger partial charge on any atom is -0.466 e. The van der Waals surface area contributed by atoms with E-state index in [0.29, 0.717) is 25.9 Å². The Morgan fingerprint density at radius 3 is 0.762 bits per heavy atom. The van der Waals surface area contributed by atoms with Crippen LogP contribution in [-0.4, -0.2) is 47.4 Å². The molecule has 3 N–H and O–H groups in total. The second-order valence-corrected chi connectivity index (χ2v) is 26.0. The fourth-order valence-corrected chi connectivity index (χ4v) is 12.2. The molecule has 0 saturated heterocycles. The second-order valence-electron chi connectivity index (χ2n) is 26.0. The number of esters is 1. The van der Waals surface area contributed by atoms with E-state index in [1.807, 2.05) is 0 Å². The molecule has 2 atom stereocenters. The van der Waals surface area contributed by atoms with E-state index < -0.39 is 12.1 Å². The zero-order chi connectivity index (χ0) is 57.8. The Labute approximate surface area is 502 Å². The number of amides is 1. The molecule has 0 saturated carbocycles. The van der Waals surface area contributed by atoms with Crippen LogP contribution in [0.1, 0.15) is 438 Å². The average Bonchev–Trinajstić information content (AvgIpc) is 3.46. The molecule has 0 spiro atoms. The fraction of sp³-hybridized carbons (Fsp3) is 0.973. The fourth-order valence-electron chi connectivity index (χ4n) is 12.2. The average molecular weight is 1130 g/mol. The molecule has 0 aromatic heterocycles. The molecule has 0 heterocycles. The summed E-state index contributed by atoms with van der Waals surface area (Å²) in [5.74, 6) is -0.000529. The minimum atomic E-state index is -0.658. The molecular formula is C74H147NO5. The molecule has 6 nitrogen and oxygen atoms in total. The zero-order valence-corrected chi connectivity index (χ0v) is 54.9. The zero-order valence-electron chi connectivity index (χ0n) is 54.9. The van der Waals surface area contributed by atoms with Gasteiger partial charge in [-0.25, -0.2) is 0 Å². The SMILES string of the molecule is CCCCCCCCCCCCCCCCC(O)C(CO)NC(=O)CCCCCCCCCCCCCCCCCCCCCCCCCCCCCCCCCCCCCCCOC(=O)CCCCCCCCCCCCCC. The Hall–Kier alpha value is -1.14. The first kappa shape index (κ1) is 78.9. The smallest absolute Gasteiger partial charge is 0.305 e. The van der Waals surface area contributed by atoms with E-state index in [2.05, 4.69) is 19.2 Å². The Bertz CT molecular complexity index is 1160. The maximum absolute atomic E-state index is 12.5. The summed E-state index contributed by atoms with van der Waals surface area (Å²) >= 11 is 0. The summed E-state index contributed by atoms with van der Waals surface area (Å²) in [6, 6.07) is -0.535. The van der Waals surface area contributed by atoms with Crippen molar-refractivity contribution >= 4 is 11.9 Å². The van der Waals surface area contributed by atoms with Gasteiger partial charge in [0.2, 0.25) is 5.91 Å². The molecule has 0 aliphatic carbocycles. The molecule has 0 bridgehead atoms. The van der Waals surface area contributed by atoms with Gasteiger partial charge in [0.15, 0.2) is 0 Å². The lowest BCUT2D eigenvalue weighted by Crippen LogP contribution is -2.45. The Morgan fingerprint density at radius 1 is 0.300 bits per heavy atom. The van der Waals surface area contributed by atoms with Gasteiger partial charge in [0.25, 0.3) is 0 Å². The van der Waals surface area contributed by atoms with Crippen LogP contribution in [0.25, 0.3) is 0 Å². The topological polar surface area (TPSA) is 95.9 Å². The number of carbonyl (C=O) groups excluding carboxylic acids is 2. The molecule has 0 aliphatic rings. The molecule has 6 heteroatoms. The van der Waals surface area contributed by atoms with Gasteiger partial charge in [0, 0.05) is 12.8 Å². The summed E-state index contributed by atoms with van der Waals surface area (Å²) in [6.07, 6.45) is 86.2. The number of aliphatic hydroxyl groups excluding tert-OH is 2. The Morgan fingerprint density at radius 2 is 0.512 bits per heavy atom. The standard InChI is InChI=1S/C74H147NO5/c1-3-5-7-9-11-13-15-17-43-46-50-54-58-62-66-72(77)71(70-76)75-73(78)67-63-59-55-51-47-44-41-39-37-35-33-31-29-27-25-23-21-19-18-20-22-24-26-28-30-32-34-36-38-40-42-45-49-53-57-61-65-69-80-74(79)68-64-60-56-52-48-16-14-12-10-8-6-4-2/h71-72,76-77H,3-70H2,1-2H3,(H,75,78). The maximum atomic E-state index is 12.5. The number of rotatable bonds is 71. The highest BCUT2D eigenvalue weighted by Crippen LogP contribution is 2.20. The van der Waals surface area contributed by atoms with Crippen molar-refractivity contribution in [3.05, 3.63) is 0 Å². The van der Waals surface area contributed by atoms with E-state index in [9.17, 15) is 19.8 Å². The van der Waals surface area contributed by atoms with E-state index in [4.69, 9.17) is 4.74 Å². The molecule has 2 unspecified atom stereocenters. The van der Waals surface area contributed by atoms with Crippen molar-refractivity contribution in [2.24, 2.45) is 0 Å². The van der Waals surface area contributed by atoms with Crippen molar-refractivity contribution in [3.63, 3.8) is 0 Å². The number of nitrogens with one attached hydrogen (secondary N) is 1. The van der Waals surface area contributed by atoms with Crippen LogP contribution in [0.3, 0.4) is 0 Å². The van der Waals surface area contributed by atoms with Gasteiger partial charge < -0.3 is 20.3 Å². The van der Waals surface area contributed by atoms with Crippen molar-refractivity contribution in [3.8, 4) is 0 Å². The molecule has 0 fully saturated rings. The molecule has 0 aromatic carbocycles. The minimum absolute atomic E-state index is 0.0251. The predicted octanol–water partition coefficient (Wildman–Crippen LogP) is 24.2. The van der Waals surface area contributed by atoms with E-state index in [-0.39, 0.29) is 18.5 Å². The van der Waals surface area contributed by atoms with E-state index >= 15 is 0 Å². The Balaban J connectivity index is 3.28. The van der Waals surface area contributed by atoms with Gasteiger partial charge in [0.1, 0.15) is 0 Å². The Kier molecular flexibility index (Phi) is 69.3. The van der Waals surface area contributed by atoms with Gasteiger partial charge in [-0.2, -0.15) is 0 Å². The van der Waals surface area contributed by atoms with Crippen molar-refractivity contribution in [2.75, 3.05) is 13.2 Å². The number of carbonyl (C=O) groups is 2. The third-order valence-electron chi connectivity index (χ3n) is 17.9. The highest BCUT2D eigenvalue weighted by molar-refractivity contribution is 5.76. The van der Waals surface area contributed by atoms with Crippen molar-refractivity contribution in [2.45, 2.75) is 450 Å². The van der Waals surface area contributed by atoms with Gasteiger partial charge in [-0.1, -0.05) is 399 Å². The first-order chi connectivity index (χ1) is 39.5. The van der Waals surface area contributed by atoms with Crippen LogP contribution in [0, 0.1) is 0 Å². The first-order valence-corrected chi connectivity index (χ1v) is 37.3. The second kappa shape index (κ2) is 70.3. The highest BCUT2D eigenvalue weighted by Gasteiger charge is 2.20. The summed E-state index contributed by atoms with van der Waals surface area (Å²) < 4.78 is 5.49. The van der Waals surface area contributed by atoms with E-state index in [1.54, 1.807) is 0 Å². The lowest BCUT2D eigenvalue weighted by Gasteiger charge is -2.22. The maximum Gasteiger partial charge on any atom is 0.305 e. The summed E-state index contributed by atoms with van der Waals surface area (Å²) in [5.41, 5.74) is 0. The molecule has 0 rings (SSSR count). The van der Waals surface area contributed by atoms with Crippen LogP contribution in [0.2, 0.25) is 0 Å². The number of ether oxygens (including phenoxy) is 1. The third kappa shape index (κ3) is 66.0. The normalized spacial score (nSPS) is 12.4. The highest BCUT2D eigenvalue weighted by atomic mass is 16.5. The van der Waals surface area contributed by atoms with Crippen LogP contribution in [0.15, 0.2) is 0 Å². The molecule has 1 amide bonds. The van der Waals surface area contributed by atoms with Crippen LogP contribution in [-0.2, 0) is 14.3 Å². The molecule has 0 aromatic rings. The van der Waals surface area contributed by atoms with Gasteiger partial charge in [0.05, 0.1) is 25.4 Å². The molecule has 0 radical (unpaired) electrons. The number of unbranched alkanes of at least 4 members (excludes halogenated alkanes) is 60. The number of hydrogen-bond donors (Lipinski definition) is 3. The van der Waals surface area contributed by atoms with Crippen molar-refractivity contribution in [1.29, 1.82) is 0 Å². The summed E-state index contributed by atoms with van der Waals surface area (Å²) in [7, 11) is 0. The van der Waals surface area contributed by atoms with Gasteiger partial charge >= 0.3 is 5.97 Å². The molecular weight excluding hydrogens is 983 g/mol. The van der Waals surface area contributed by atoms with Crippen LogP contribution in [0.4, 0.5) is 0 Å². The van der Waals surface area contributed by atoms with Crippen LogP contribution in [0.5, 0.6) is 0 Å². The van der Waals surface area contributed by atoms with Gasteiger partial charge in [-0.3, -0.25) is 9.59 Å². The van der Waals surface area contributed by atoms with Gasteiger partial charge in [-0.15, -0.1) is 0 Å². The largest absolute Gasteiger partial charge is 0.466 e. The number of aliphatic hydroxyl groups is 2. The summed E-state index contributed by atoms with van der Waals surface area (Å²) in [5, 5.41) is 23.3. The lowest BCUT2D eigenvalue weighted by atomic mass is 10.0. The quantitative estimate of drug-likeness (QED) is 0.0417. The molecule has 80 heavy (non-hydrogen) atoms. The molecule has 478 valence electrons.